The van der Waals surface area contributed by atoms with Crippen molar-refractivity contribution in [2.75, 3.05) is 31.6 Å². The lowest BCUT2D eigenvalue weighted by molar-refractivity contribution is 0.207. The van der Waals surface area contributed by atoms with Crippen molar-refractivity contribution in [3.63, 3.8) is 0 Å². The van der Waals surface area contributed by atoms with Crippen LogP contribution in [0.5, 0.6) is 0 Å². The van der Waals surface area contributed by atoms with Gasteiger partial charge >= 0.3 is 6.03 Å². The van der Waals surface area contributed by atoms with E-state index in [9.17, 15) is 9.18 Å². The highest BCUT2D eigenvalue weighted by atomic mass is 19.1. The predicted octanol–water partition coefficient (Wildman–Crippen LogP) is 3.74. The lowest BCUT2D eigenvalue weighted by Crippen LogP contribution is -2.38. The molecule has 7 nitrogen and oxygen atoms in total. The highest BCUT2D eigenvalue weighted by molar-refractivity contribution is 5.74. The van der Waals surface area contributed by atoms with Crippen LogP contribution < -0.4 is 21.1 Å². The molecule has 33 heavy (non-hydrogen) atoms. The first kappa shape index (κ1) is 23.4. The lowest BCUT2D eigenvalue weighted by atomic mass is 9.99. The number of nitrogens with zero attached hydrogens (tertiary/aromatic N) is 3. The van der Waals surface area contributed by atoms with Crippen LogP contribution in [0.25, 0.3) is 0 Å². The van der Waals surface area contributed by atoms with Crippen molar-refractivity contribution < 1.29 is 9.18 Å². The zero-order valence-corrected chi connectivity index (χ0v) is 19.4. The first-order valence-electron chi connectivity index (χ1n) is 12.0. The summed E-state index contributed by atoms with van der Waals surface area (Å²) in [5.41, 5.74) is 8.59. The molecule has 2 fully saturated rings. The monoisotopic (exact) mass is 454 g/mol. The van der Waals surface area contributed by atoms with E-state index in [4.69, 9.17) is 0 Å². The van der Waals surface area contributed by atoms with Gasteiger partial charge in [0, 0.05) is 57.1 Å². The van der Waals surface area contributed by atoms with E-state index in [1.807, 2.05) is 31.4 Å². The van der Waals surface area contributed by atoms with Gasteiger partial charge in [0.1, 0.15) is 11.6 Å². The Kier molecular flexibility index (Phi) is 8.12. The molecule has 0 radical (unpaired) electrons. The molecule has 0 aliphatic carbocycles. The Hall–Kier alpha value is -2.71. The minimum atomic E-state index is -0.209. The molecule has 1 aromatic heterocycles. The molecule has 178 valence electrons. The summed E-state index contributed by atoms with van der Waals surface area (Å²) in [7, 11) is 1.83. The third-order valence-electron chi connectivity index (χ3n) is 6.58. The van der Waals surface area contributed by atoms with Gasteiger partial charge in [-0.05, 0) is 62.3 Å². The van der Waals surface area contributed by atoms with E-state index in [2.05, 4.69) is 26.1 Å². The summed E-state index contributed by atoms with van der Waals surface area (Å²) < 4.78 is 13.5. The number of piperidine rings is 1. The number of anilines is 1. The van der Waals surface area contributed by atoms with E-state index < -0.39 is 0 Å². The largest absolute Gasteiger partial charge is 0.356 e. The number of amides is 2. The number of hydrazine groups is 1. The Morgan fingerprint density at radius 3 is 2.88 bits per heavy atom. The quantitative estimate of drug-likeness (QED) is 0.567. The fourth-order valence-corrected chi connectivity index (χ4v) is 4.69. The van der Waals surface area contributed by atoms with Crippen LogP contribution in [0.3, 0.4) is 0 Å². The SMILES string of the molecule is CN(CCCC1CC(c2cccc(F)c2)NN1)C(=O)NCc1cccnc1N1CCCCC1. The van der Waals surface area contributed by atoms with Gasteiger partial charge in [0.15, 0.2) is 0 Å². The molecule has 2 aromatic rings. The van der Waals surface area contributed by atoms with Crippen molar-refractivity contribution in [3.8, 4) is 0 Å². The number of urea groups is 1. The highest BCUT2D eigenvalue weighted by Gasteiger charge is 2.25. The number of carbonyl (C=O) groups excluding carboxylic acids is 1. The number of halogens is 1. The smallest absolute Gasteiger partial charge is 0.317 e. The molecule has 0 spiro atoms. The number of carbonyl (C=O) groups is 1. The Bertz CT molecular complexity index is 919. The second-order valence-corrected chi connectivity index (χ2v) is 9.09. The van der Waals surface area contributed by atoms with Crippen LogP contribution in [0.1, 0.15) is 55.7 Å². The first-order valence-corrected chi connectivity index (χ1v) is 12.0. The topological polar surface area (TPSA) is 72.5 Å². The minimum Gasteiger partial charge on any atom is -0.356 e. The van der Waals surface area contributed by atoms with Gasteiger partial charge in [-0.15, -0.1) is 0 Å². The van der Waals surface area contributed by atoms with E-state index in [-0.39, 0.29) is 17.9 Å². The Morgan fingerprint density at radius 2 is 2.06 bits per heavy atom. The fourth-order valence-electron chi connectivity index (χ4n) is 4.69. The Balaban J connectivity index is 1.19. The van der Waals surface area contributed by atoms with Crippen LogP contribution in [0.4, 0.5) is 15.0 Å². The summed E-state index contributed by atoms with van der Waals surface area (Å²) in [5, 5.41) is 3.05. The molecule has 0 saturated carbocycles. The van der Waals surface area contributed by atoms with Crippen molar-refractivity contribution in [1.82, 2.24) is 26.1 Å². The molecule has 4 rings (SSSR count). The zero-order valence-electron chi connectivity index (χ0n) is 19.4. The lowest BCUT2D eigenvalue weighted by Gasteiger charge is -2.29. The van der Waals surface area contributed by atoms with Gasteiger partial charge in [0.25, 0.3) is 0 Å². The van der Waals surface area contributed by atoms with Crippen molar-refractivity contribution >= 4 is 11.8 Å². The molecular weight excluding hydrogens is 419 g/mol. The summed E-state index contributed by atoms with van der Waals surface area (Å²) in [6.07, 6.45) is 8.23. The molecule has 2 aliphatic rings. The highest BCUT2D eigenvalue weighted by Crippen LogP contribution is 2.25. The van der Waals surface area contributed by atoms with Crippen molar-refractivity contribution in [1.29, 1.82) is 0 Å². The molecule has 0 bridgehead atoms. The minimum absolute atomic E-state index is 0.0707. The molecule has 2 unspecified atom stereocenters. The molecule has 2 saturated heterocycles. The number of aromatic nitrogens is 1. The second kappa shape index (κ2) is 11.4. The third-order valence-corrected chi connectivity index (χ3v) is 6.58. The van der Waals surface area contributed by atoms with Crippen LogP contribution in [-0.2, 0) is 6.54 Å². The van der Waals surface area contributed by atoms with Crippen LogP contribution in [-0.4, -0.2) is 48.6 Å². The maximum absolute atomic E-state index is 13.5. The van der Waals surface area contributed by atoms with Gasteiger partial charge in [-0.3, -0.25) is 10.9 Å². The van der Waals surface area contributed by atoms with Crippen LogP contribution >= 0.6 is 0 Å². The summed E-state index contributed by atoms with van der Waals surface area (Å²) in [6.45, 7) is 3.22. The number of pyridine rings is 1. The number of hydrogen-bond acceptors (Lipinski definition) is 5. The Labute approximate surface area is 195 Å². The van der Waals surface area contributed by atoms with Gasteiger partial charge in [0.2, 0.25) is 0 Å². The zero-order chi connectivity index (χ0) is 23.0. The number of hydrogen-bond donors (Lipinski definition) is 3. The van der Waals surface area contributed by atoms with Gasteiger partial charge in [-0.2, -0.15) is 0 Å². The van der Waals surface area contributed by atoms with Crippen LogP contribution in [0, 0.1) is 5.82 Å². The fraction of sp³-hybridized carbons (Fsp3) is 0.520. The summed E-state index contributed by atoms with van der Waals surface area (Å²) in [4.78, 5) is 21.3. The van der Waals surface area contributed by atoms with Crippen LogP contribution in [0.15, 0.2) is 42.6 Å². The van der Waals surface area contributed by atoms with E-state index in [0.29, 0.717) is 19.1 Å². The van der Waals surface area contributed by atoms with Crippen LogP contribution in [0.2, 0.25) is 0 Å². The third kappa shape index (κ3) is 6.42. The number of rotatable bonds is 8. The summed E-state index contributed by atoms with van der Waals surface area (Å²) in [5.74, 6) is 0.785. The Morgan fingerprint density at radius 1 is 1.21 bits per heavy atom. The summed E-state index contributed by atoms with van der Waals surface area (Å²) in [6, 6.07) is 11.1. The molecule has 3 N–H and O–H groups in total. The molecule has 3 heterocycles. The first-order chi connectivity index (χ1) is 16.1. The van der Waals surface area contributed by atoms with Crippen molar-refractivity contribution in [3.05, 3.63) is 59.5 Å². The molecule has 2 atom stereocenters. The predicted molar refractivity (Wildman–Crippen MR) is 128 cm³/mol. The molecule has 2 aliphatic heterocycles. The molecule has 1 aromatic carbocycles. The summed E-state index contributed by atoms with van der Waals surface area (Å²) >= 11 is 0. The maximum atomic E-state index is 13.5. The molecule has 8 heteroatoms. The maximum Gasteiger partial charge on any atom is 0.317 e. The number of nitrogens with one attached hydrogen (secondary N) is 3. The average Bonchev–Trinajstić information content (AvgIpc) is 3.32. The second-order valence-electron chi connectivity index (χ2n) is 9.09. The van der Waals surface area contributed by atoms with Crippen molar-refractivity contribution in [2.45, 2.75) is 57.2 Å². The number of benzene rings is 1. The van der Waals surface area contributed by atoms with Gasteiger partial charge in [-0.1, -0.05) is 18.2 Å². The van der Waals surface area contributed by atoms with E-state index in [0.717, 1.165) is 49.3 Å². The average molecular weight is 455 g/mol. The van der Waals surface area contributed by atoms with Gasteiger partial charge in [-0.25, -0.2) is 14.2 Å². The molecule has 2 amide bonds. The van der Waals surface area contributed by atoms with E-state index in [1.54, 1.807) is 17.0 Å². The van der Waals surface area contributed by atoms with E-state index >= 15 is 0 Å². The van der Waals surface area contributed by atoms with Gasteiger partial charge < -0.3 is 15.1 Å². The van der Waals surface area contributed by atoms with Crippen molar-refractivity contribution in [2.24, 2.45) is 0 Å². The van der Waals surface area contributed by atoms with E-state index in [1.165, 1.54) is 25.3 Å². The molecular formula is C25H35FN6O. The standard InChI is InChI=1S/C25H35FN6O/c1-31(13-7-11-22-17-23(30-29-22)19-8-5-10-21(26)16-19)25(33)28-18-20-9-6-12-27-24(20)32-14-3-2-4-15-32/h5-6,8-10,12,16,22-23,29-30H,2-4,7,11,13-15,17-18H2,1H3,(H,28,33). The normalized spacial score (nSPS) is 20.6. The van der Waals surface area contributed by atoms with Gasteiger partial charge in [0.05, 0.1) is 0 Å².